The van der Waals surface area contributed by atoms with E-state index in [-0.39, 0.29) is 5.56 Å². The Morgan fingerprint density at radius 3 is 2.58 bits per heavy atom. The van der Waals surface area contributed by atoms with Crippen molar-refractivity contribution in [3.05, 3.63) is 35.4 Å². The van der Waals surface area contributed by atoms with E-state index in [4.69, 9.17) is 11.5 Å². The average molecular weight is 168 g/mol. The second-order valence-electron chi connectivity index (χ2n) is 2.24. The van der Waals surface area contributed by atoms with Gasteiger partial charge in [0.1, 0.15) is 17.7 Å². The van der Waals surface area contributed by atoms with Crippen molar-refractivity contribution >= 4 is 0 Å². The molecule has 0 radical (unpaired) electrons. The van der Waals surface area contributed by atoms with Crippen molar-refractivity contribution in [3.8, 4) is 12.3 Å². The Balaban J connectivity index is 3.11. The molecule has 0 aliphatic carbocycles. The van der Waals surface area contributed by atoms with Gasteiger partial charge in [-0.2, -0.15) is 0 Å². The molecule has 0 heterocycles. The molecule has 0 aromatic heterocycles. The number of rotatable bonds is 1. The zero-order valence-electron chi connectivity index (χ0n) is 6.09. The van der Waals surface area contributed by atoms with Crippen molar-refractivity contribution in [1.29, 1.82) is 0 Å². The zero-order valence-corrected chi connectivity index (χ0v) is 6.09. The Morgan fingerprint density at radius 2 is 2.08 bits per heavy atom. The lowest BCUT2D eigenvalue weighted by Gasteiger charge is -2.04. The minimum absolute atomic E-state index is 0.0844. The molecule has 0 aliphatic rings. The van der Waals surface area contributed by atoms with Gasteiger partial charge in [-0.1, -0.05) is 5.92 Å². The molecule has 1 N–H and O–H groups in total. The lowest BCUT2D eigenvalue weighted by atomic mass is 10.1. The molecule has 0 amide bonds. The maximum Gasteiger partial charge on any atom is 0.142 e. The van der Waals surface area contributed by atoms with Gasteiger partial charge in [0, 0.05) is 11.6 Å². The smallest absolute Gasteiger partial charge is 0.142 e. The Hall–Kier alpha value is -1.40. The van der Waals surface area contributed by atoms with Gasteiger partial charge >= 0.3 is 0 Å². The number of benzene rings is 1. The van der Waals surface area contributed by atoms with Gasteiger partial charge in [0.15, 0.2) is 0 Å². The molecule has 62 valence electrons. The van der Waals surface area contributed by atoms with Crippen LogP contribution >= 0.6 is 0 Å². The first-order valence-corrected chi connectivity index (χ1v) is 3.24. The van der Waals surface area contributed by atoms with Gasteiger partial charge in [-0.15, -0.1) is 6.42 Å². The molecule has 0 spiro atoms. The number of hydrogen-bond donors (Lipinski definition) is 1. The van der Waals surface area contributed by atoms with Crippen LogP contribution in [0.5, 0.6) is 0 Å². The number of aliphatic hydroxyl groups is 1. The van der Waals surface area contributed by atoms with Crippen LogP contribution in [0.25, 0.3) is 0 Å². The summed E-state index contributed by atoms with van der Waals surface area (Å²) in [5.74, 6) is 0.408. The van der Waals surface area contributed by atoms with E-state index in [1.54, 1.807) is 0 Å². The van der Waals surface area contributed by atoms with Gasteiger partial charge in [-0.3, -0.25) is 0 Å². The highest BCUT2D eigenvalue weighted by atomic mass is 19.1. The van der Waals surface area contributed by atoms with Crippen LogP contribution in [0, 0.1) is 24.0 Å². The fourth-order valence-corrected chi connectivity index (χ4v) is 0.813. The Kier molecular flexibility index (Phi) is 2.41. The van der Waals surface area contributed by atoms with Crippen molar-refractivity contribution in [2.45, 2.75) is 6.10 Å². The molecule has 1 aromatic carbocycles. The van der Waals surface area contributed by atoms with E-state index in [0.29, 0.717) is 6.07 Å². The van der Waals surface area contributed by atoms with Crippen LogP contribution in [-0.2, 0) is 0 Å². The Labute approximate surface area is 68.7 Å². The van der Waals surface area contributed by atoms with Gasteiger partial charge in [0.05, 0.1) is 0 Å². The fraction of sp³-hybridized carbons (Fsp3) is 0.111. The van der Waals surface area contributed by atoms with Crippen molar-refractivity contribution in [2.75, 3.05) is 0 Å². The summed E-state index contributed by atoms with van der Waals surface area (Å²) in [6, 6.07) is 2.84. The first-order chi connectivity index (χ1) is 5.65. The van der Waals surface area contributed by atoms with Crippen molar-refractivity contribution < 1.29 is 13.9 Å². The van der Waals surface area contributed by atoms with Crippen LogP contribution < -0.4 is 0 Å². The Morgan fingerprint density at radius 1 is 1.42 bits per heavy atom. The summed E-state index contributed by atoms with van der Waals surface area (Å²) in [6.45, 7) is 0. The van der Waals surface area contributed by atoms with E-state index in [0.717, 1.165) is 12.1 Å². The molecule has 0 saturated carbocycles. The van der Waals surface area contributed by atoms with Crippen LogP contribution in [0.4, 0.5) is 8.78 Å². The van der Waals surface area contributed by atoms with Crippen LogP contribution in [0.15, 0.2) is 18.2 Å². The first-order valence-electron chi connectivity index (χ1n) is 3.24. The standard InChI is InChI=1S/C9H6F2O/c1-2-9(12)7-4-3-6(10)5-8(7)11/h1,3-5,9,12H/t9-/m1/s1. The summed E-state index contributed by atoms with van der Waals surface area (Å²) in [5, 5.41) is 9.00. The molecule has 0 fully saturated rings. The minimum Gasteiger partial charge on any atom is -0.376 e. The molecule has 1 rings (SSSR count). The number of aliphatic hydroxyl groups excluding tert-OH is 1. The maximum absolute atomic E-state index is 12.8. The maximum atomic E-state index is 12.8. The van der Waals surface area contributed by atoms with Crippen molar-refractivity contribution in [1.82, 2.24) is 0 Å². The number of hydrogen-bond acceptors (Lipinski definition) is 1. The predicted octanol–water partition coefficient (Wildman–Crippen LogP) is 1.63. The van der Waals surface area contributed by atoms with Crippen molar-refractivity contribution in [2.24, 2.45) is 0 Å². The number of terminal acetylenes is 1. The second-order valence-corrected chi connectivity index (χ2v) is 2.24. The van der Waals surface area contributed by atoms with Crippen molar-refractivity contribution in [3.63, 3.8) is 0 Å². The Bertz CT molecular complexity index is 328. The van der Waals surface area contributed by atoms with Gasteiger partial charge < -0.3 is 5.11 Å². The first kappa shape index (κ1) is 8.69. The summed E-state index contributed by atoms with van der Waals surface area (Å²) >= 11 is 0. The molecule has 1 nitrogen and oxygen atoms in total. The van der Waals surface area contributed by atoms with Gasteiger partial charge in [-0.25, -0.2) is 8.78 Å². The average Bonchev–Trinajstić information content (AvgIpc) is 2.03. The third-order valence-electron chi connectivity index (χ3n) is 1.41. The predicted molar refractivity (Wildman–Crippen MR) is 40.2 cm³/mol. The molecule has 1 aromatic rings. The third kappa shape index (κ3) is 1.60. The summed E-state index contributed by atoms with van der Waals surface area (Å²) in [5.41, 5.74) is -0.0844. The molecular weight excluding hydrogens is 162 g/mol. The van der Waals surface area contributed by atoms with Gasteiger partial charge in [0.25, 0.3) is 0 Å². The van der Waals surface area contributed by atoms with Gasteiger partial charge in [-0.05, 0) is 12.1 Å². The molecule has 0 aliphatic heterocycles. The quantitative estimate of drug-likeness (QED) is 0.632. The lowest BCUT2D eigenvalue weighted by molar-refractivity contribution is 0.232. The van der Waals surface area contributed by atoms with E-state index in [1.807, 2.05) is 5.92 Å². The highest BCUT2D eigenvalue weighted by Crippen LogP contribution is 2.16. The molecule has 1 atom stereocenters. The molecule has 0 unspecified atom stereocenters. The monoisotopic (exact) mass is 168 g/mol. The summed E-state index contributed by atoms with van der Waals surface area (Å²) < 4.78 is 25.1. The molecule has 0 bridgehead atoms. The normalized spacial score (nSPS) is 12.2. The van der Waals surface area contributed by atoms with E-state index in [1.165, 1.54) is 0 Å². The molecular formula is C9H6F2O. The van der Waals surface area contributed by atoms with E-state index < -0.39 is 17.7 Å². The number of halogens is 2. The largest absolute Gasteiger partial charge is 0.376 e. The van der Waals surface area contributed by atoms with Crippen LogP contribution in [0.3, 0.4) is 0 Å². The third-order valence-corrected chi connectivity index (χ3v) is 1.41. The summed E-state index contributed by atoms with van der Waals surface area (Å²) in [4.78, 5) is 0. The van der Waals surface area contributed by atoms with E-state index >= 15 is 0 Å². The second kappa shape index (κ2) is 3.33. The highest BCUT2D eigenvalue weighted by molar-refractivity contribution is 5.25. The molecule has 0 saturated heterocycles. The molecule has 3 heteroatoms. The molecule has 12 heavy (non-hydrogen) atoms. The summed E-state index contributed by atoms with van der Waals surface area (Å²) in [6.07, 6.45) is 3.54. The van der Waals surface area contributed by atoms with Gasteiger partial charge in [0.2, 0.25) is 0 Å². The minimum atomic E-state index is -1.31. The SMILES string of the molecule is C#C[C@@H](O)c1ccc(F)cc1F. The lowest BCUT2D eigenvalue weighted by Crippen LogP contribution is -1.97. The van der Waals surface area contributed by atoms with Crippen LogP contribution in [0.2, 0.25) is 0 Å². The van der Waals surface area contributed by atoms with E-state index in [2.05, 4.69) is 0 Å². The summed E-state index contributed by atoms with van der Waals surface area (Å²) in [7, 11) is 0. The van der Waals surface area contributed by atoms with Crippen LogP contribution in [-0.4, -0.2) is 5.11 Å². The topological polar surface area (TPSA) is 20.2 Å². The van der Waals surface area contributed by atoms with E-state index in [9.17, 15) is 8.78 Å². The van der Waals surface area contributed by atoms with Crippen LogP contribution in [0.1, 0.15) is 11.7 Å². The fourth-order valence-electron chi connectivity index (χ4n) is 0.813. The zero-order chi connectivity index (χ0) is 9.14. The highest BCUT2D eigenvalue weighted by Gasteiger charge is 2.09.